The molecule has 2 unspecified atom stereocenters. The third kappa shape index (κ3) is 2.66. The lowest BCUT2D eigenvalue weighted by Gasteiger charge is -2.44. The van der Waals surface area contributed by atoms with E-state index in [2.05, 4.69) is 47.6 Å². The summed E-state index contributed by atoms with van der Waals surface area (Å²) >= 11 is 0. The molecule has 1 nitrogen and oxygen atoms in total. The largest absolute Gasteiger partial charge is 0.390 e. The highest BCUT2D eigenvalue weighted by molar-refractivity contribution is 5.18. The summed E-state index contributed by atoms with van der Waals surface area (Å²) < 4.78 is 0. The standard InChI is InChI=1S/C17H32O/c1-12-9-10-14(15(12,3)4)11-13(2)16(5,6)17(7,8)18/h9,13-14,18H,10-11H2,1-8H3. The monoisotopic (exact) mass is 252 g/mol. The van der Waals surface area contributed by atoms with Gasteiger partial charge >= 0.3 is 0 Å². The SMILES string of the molecule is CC1=CCC(CC(C)C(C)(C)C(C)(C)O)C1(C)C. The van der Waals surface area contributed by atoms with Gasteiger partial charge in [-0.3, -0.25) is 0 Å². The molecule has 0 saturated carbocycles. The van der Waals surface area contributed by atoms with E-state index in [1.165, 1.54) is 18.4 Å². The second-order valence-electron chi connectivity index (χ2n) is 7.96. The van der Waals surface area contributed by atoms with E-state index in [1.54, 1.807) is 0 Å². The first-order valence-electron chi connectivity index (χ1n) is 7.30. The van der Waals surface area contributed by atoms with Crippen LogP contribution in [0, 0.1) is 22.7 Å². The van der Waals surface area contributed by atoms with Gasteiger partial charge in [-0.2, -0.15) is 0 Å². The molecule has 0 heterocycles. The molecule has 1 N–H and O–H groups in total. The molecular weight excluding hydrogens is 220 g/mol. The van der Waals surface area contributed by atoms with Gasteiger partial charge in [-0.1, -0.05) is 46.3 Å². The fourth-order valence-corrected chi connectivity index (χ4v) is 2.91. The van der Waals surface area contributed by atoms with Crippen molar-refractivity contribution in [3.63, 3.8) is 0 Å². The maximum absolute atomic E-state index is 10.4. The first-order valence-corrected chi connectivity index (χ1v) is 7.30. The van der Waals surface area contributed by atoms with Gasteiger partial charge in [0.1, 0.15) is 0 Å². The van der Waals surface area contributed by atoms with Crippen molar-refractivity contribution in [1.82, 2.24) is 0 Å². The molecule has 0 amide bonds. The van der Waals surface area contributed by atoms with Gasteiger partial charge in [0, 0.05) is 0 Å². The number of allylic oxidation sites excluding steroid dienone is 2. The van der Waals surface area contributed by atoms with Crippen LogP contribution in [0.5, 0.6) is 0 Å². The average Bonchev–Trinajstić information content (AvgIpc) is 2.43. The van der Waals surface area contributed by atoms with E-state index in [0.717, 1.165) is 0 Å². The Morgan fingerprint density at radius 3 is 2.17 bits per heavy atom. The zero-order valence-electron chi connectivity index (χ0n) is 13.6. The van der Waals surface area contributed by atoms with Crippen LogP contribution in [-0.2, 0) is 0 Å². The zero-order valence-corrected chi connectivity index (χ0v) is 13.6. The summed E-state index contributed by atoms with van der Waals surface area (Å²) in [5.41, 5.74) is 1.17. The number of hydrogen-bond donors (Lipinski definition) is 1. The smallest absolute Gasteiger partial charge is 0.0644 e. The second-order valence-corrected chi connectivity index (χ2v) is 7.96. The minimum Gasteiger partial charge on any atom is -0.390 e. The Balaban J connectivity index is 2.76. The fourth-order valence-electron chi connectivity index (χ4n) is 2.91. The highest BCUT2D eigenvalue weighted by Gasteiger charge is 2.43. The van der Waals surface area contributed by atoms with Crippen LogP contribution in [0.1, 0.15) is 68.2 Å². The highest BCUT2D eigenvalue weighted by Crippen LogP contribution is 2.49. The molecule has 1 heteroatoms. The Morgan fingerprint density at radius 2 is 1.83 bits per heavy atom. The van der Waals surface area contributed by atoms with Gasteiger partial charge in [0.25, 0.3) is 0 Å². The first kappa shape index (κ1) is 15.8. The molecule has 0 fully saturated rings. The van der Waals surface area contributed by atoms with Crippen molar-refractivity contribution >= 4 is 0 Å². The van der Waals surface area contributed by atoms with Gasteiger partial charge in [-0.05, 0) is 56.3 Å². The van der Waals surface area contributed by atoms with Gasteiger partial charge in [-0.25, -0.2) is 0 Å². The molecule has 1 rings (SSSR count). The summed E-state index contributed by atoms with van der Waals surface area (Å²) in [4.78, 5) is 0. The molecule has 0 radical (unpaired) electrons. The first-order chi connectivity index (χ1) is 7.90. The third-order valence-electron chi connectivity index (χ3n) is 6.19. The summed E-state index contributed by atoms with van der Waals surface area (Å²) in [5, 5.41) is 10.4. The Kier molecular flexibility index (Phi) is 4.08. The van der Waals surface area contributed by atoms with Crippen molar-refractivity contribution in [1.29, 1.82) is 0 Å². The number of aliphatic hydroxyl groups is 1. The van der Waals surface area contributed by atoms with E-state index in [1.807, 2.05) is 13.8 Å². The molecule has 2 atom stereocenters. The number of hydrogen-bond acceptors (Lipinski definition) is 1. The predicted octanol–water partition coefficient (Wildman–Crippen LogP) is 4.80. The summed E-state index contributed by atoms with van der Waals surface area (Å²) in [6, 6.07) is 0. The van der Waals surface area contributed by atoms with Crippen LogP contribution in [-0.4, -0.2) is 10.7 Å². The number of rotatable bonds is 4. The molecule has 1 aliphatic carbocycles. The summed E-state index contributed by atoms with van der Waals surface area (Å²) in [7, 11) is 0. The lowest BCUT2D eigenvalue weighted by Crippen LogP contribution is -2.44. The van der Waals surface area contributed by atoms with Gasteiger partial charge in [-0.15, -0.1) is 0 Å². The van der Waals surface area contributed by atoms with Crippen LogP contribution in [0.25, 0.3) is 0 Å². The Morgan fingerprint density at radius 1 is 1.33 bits per heavy atom. The molecule has 0 spiro atoms. The summed E-state index contributed by atoms with van der Waals surface area (Å²) in [6.07, 6.45) is 4.79. The molecule has 0 aromatic heterocycles. The molecule has 106 valence electrons. The van der Waals surface area contributed by atoms with E-state index in [4.69, 9.17) is 0 Å². The Bertz CT molecular complexity index is 328. The van der Waals surface area contributed by atoms with Crippen molar-refractivity contribution in [2.24, 2.45) is 22.7 Å². The molecule has 0 saturated heterocycles. The van der Waals surface area contributed by atoms with Gasteiger partial charge in [0.2, 0.25) is 0 Å². The van der Waals surface area contributed by atoms with E-state index < -0.39 is 5.60 Å². The Hall–Kier alpha value is -0.300. The quantitative estimate of drug-likeness (QED) is 0.712. The van der Waals surface area contributed by atoms with Crippen LogP contribution in [0.4, 0.5) is 0 Å². The van der Waals surface area contributed by atoms with E-state index in [0.29, 0.717) is 17.3 Å². The van der Waals surface area contributed by atoms with Crippen molar-refractivity contribution in [3.05, 3.63) is 11.6 Å². The maximum atomic E-state index is 10.4. The van der Waals surface area contributed by atoms with Crippen LogP contribution < -0.4 is 0 Å². The predicted molar refractivity (Wildman–Crippen MR) is 79.5 cm³/mol. The molecule has 0 aromatic rings. The van der Waals surface area contributed by atoms with Gasteiger partial charge in [0.05, 0.1) is 5.60 Å². The maximum Gasteiger partial charge on any atom is 0.0644 e. The molecule has 0 bridgehead atoms. The highest BCUT2D eigenvalue weighted by atomic mass is 16.3. The van der Waals surface area contributed by atoms with Crippen molar-refractivity contribution < 1.29 is 5.11 Å². The minimum atomic E-state index is -0.627. The lowest BCUT2D eigenvalue weighted by atomic mass is 9.63. The van der Waals surface area contributed by atoms with Crippen molar-refractivity contribution in [3.8, 4) is 0 Å². The van der Waals surface area contributed by atoms with Crippen molar-refractivity contribution in [2.45, 2.75) is 73.8 Å². The van der Waals surface area contributed by atoms with Crippen LogP contribution >= 0.6 is 0 Å². The Labute approximate surface area is 114 Å². The normalized spacial score (nSPS) is 26.1. The molecule has 18 heavy (non-hydrogen) atoms. The average molecular weight is 252 g/mol. The lowest BCUT2D eigenvalue weighted by molar-refractivity contribution is -0.0715. The van der Waals surface area contributed by atoms with E-state index >= 15 is 0 Å². The van der Waals surface area contributed by atoms with Crippen LogP contribution in [0.2, 0.25) is 0 Å². The van der Waals surface area contributed by atoms with Gasteiger partial charge in [0.15, 0.2) is 0 Å². The third-order valence-corrected chi connectivity index (χ3v) is 6.19. The minimum absolute atomic E-state index is 0.0560. The van der Waals surface area contributed by atoms with Gasteiger partial charge < -0.3 is 5.11 Å². The second kappa shape index (κ2) is 4.67. The molecule has 1 aliphatic rings. The molecule has 0 aromatic carbocycles. The van der Waals surface area contributed by atoms with Crippen molar-refractivity contribution in [2.75, 3.05) is 0 Å². The summed E-state index contributed by atoms with van der Waals surface area (Å²) in [6.45, 7) is 17.5. The van der Waals surface area contributed by atoms with E-state index in [9.17, 15) is 5.11 Å². The van der Waals surface area contributed by atoms with Crippen LogP contribution in [0.3, 0.4) is 0 Å². The van der Waals surface area contributed by atoms with Crippen LogP contribution in [0.15, 0.2) is 11.6 Å². The summed E-state index contributed by atoms with van der Waals surface area (Å²) in [5.74, 6) is 1.23. The fraction of sp³-hybridized carbons (Fsp3) is 0.882. The molecular formula is C17H32O. The topological polar surface area (TPSA) is 20.2 Å². The zero-order chi connectivity index (χ0) is 14.4. The molecule has 0 aliphatic heterocycles. The van der Waals surface area contributed by atoms with E-state index in [-0.39, 0.29) is 5.41 Å².